The number of hydrogen-bond acceptors (Lipinski definition) is 5. The summed E-state index contributed by atoms with van der Waals surface area (Å²) < 4.78 is 5.39. The largest absolute Gasteiger partial charge is 0.378 e. The van der Waals surface area contributed by atoms with Gasteiger partial charge >= 0.3 is 0 Å². The zero-order chi connectivity index (χ0) is 14.3. The van der Waals surface area contributed by atoms with Gasteiger partial charge in [-0.25, -0.2) is 9.97 Å². The minimum absolute atomic E-state index is 0.165. The van der Waals surface area contributed by atoms with Gasteiger partial charge in [0.15, 0.2) is 5.78 Å². The summed E-state index contributed by atoms with van der Waals surface area (Å²) >= 11 is 6.02. The van der Waals surface area contributed by atoms with Gasteiger partial charge < -0.3 is 10.1 Å². The number of fused-ring (bicyclic) bond motifs is 1. The Balaban J connectivity index is 2.01. The van der Waals surface area contributed by atoms with Gasteiger partial charge in [-0.1, -0.05) is 13.8 Å². The second kappa shape index (κ2) is 4.97. The fraction of sp³-hybridized carbons (Fsp3) is 0.643. The lowest BCUT2D eigenvalue weighted by Crippen LogP contribution is -2.51. The fourth-order valence-corrected chi connectivity index (χ4v) is 3.04. The molecule has 1 spiro atoms. The molecule has 3 rings (SSSR count). The van der Waals surface area contributed by atoms with E-state index in [1.54, 1.807) is 0 Å². The maximum absolute atomic E-state index is 12.5. The van der Waals surface area contributed by atoms with Crippen LogP contribution in [0.1, 0.15) is 31.5 Å². The summed E-state index contributed by atoms with van der Waals surface area (Å²) in [7, 11) is 0. The van der Waals surface area contributed by atoms with Crippen molar-refractivity contribution in [1.29, 1.82) is 0 Å². The third kappa shape index (κ3) is 2.29. The molecular formula is C14H18ClN3O2. The summed E-state index contributed by atoms with van der Waals surface area (Å²) in [6.45, 7) is 5.25. The Morgan fingerprint density at radius 2 is 2.25 bits per heavy atom. The van der Waals surface area contributed by atoms with Gasteiger partial charge in [0.05, 0.1) is 12.3 Å². The number of carbonyl (C=O) groups excluding carboxylic acids is 1. The summed E-state index contributed by atoms with van der Waals surface area (Å²) in [4.78, 5) is 21.1. The van der Waals surface area contributed by atoms with Crippen LogP contribution in [0.25, 0.3) is 0 Å². The van der Waals surface area contributed by atoms with E-state index < -0.39 is 5.54 Å². The van der Waals surface area contributed by atoms with Crippen LogP contribution >= 0.6 is 11.6 Å². The van der Waals surface area contributed by atoms with E-state index in [-0.39, 0.29) is 11.1 Å². The summed E-state index contributed by atoms with van der Waals surface area (Å²) in [6.07, 6.45) is 1.85. The van der Waals surface area contributed by atoms with Crippen molar-refractivity contribution in [3.63, 3.8) is 0 Å². The molecule has 2 aliphatic heterocycles. The lowest BCUT2D eigenvalue weighted by atomic mass is 9.84. The van der Waals surface area contributed by atoms with Crippen molar-refractivity contribution in [1.82, 2.24) is 9.97 Å². The third-order valence-electron chi connectivity index (χ3n) is 3.92. The number of nitrogens with one attached hydrogen (secondary N) is 1. The van der Waals surface area contributed by atoms with E-state index in [9.17, 15) is 4.79 Å². The van der Waals surface area contributed by atoms with Crippen LogP contribution in [0.5, 0.6) is 0 Å². The molecule has 0 bridgehead atoms. The van der Waals surface area contributed by atoms with Crippen molar-refractivity contribution in [2.45, 2.75) is 38.6 Å². The number of Topliss-reactive ketones (excluding diaryl/α,β-unsaturated/α-hetero) is 1. The summed E-state index contributed by atoms with van der Waals surface area (Å²) in [6, 6.07) is 0. The van der Waals surface area contributed by atoms with Gasteiger partial charge in [-0.05, 0) is 23.9 Å². The Kier molecular flexibility index (Phi) is 3.42. The average Bonchev–Trinajstić information content (AvgIpc) is 2.80. The van der Waals surface area contributed by atoms with Crippen LogP contribution < -0.4 is 5.32 Å². The molecule has 0 amide bonds. The highest BCUT2D eigenvalue weighted by molar-refractivity contribution is 6.28. The third-order valence-corrected chi connectivity index (χ3v) is 4.09. The molecule has 20 heavy (non-hydrogen) atoms. The SMILES string of the molecule is CC(C)Cc1nc(Cl)nc2c1CC(=O)C1(CCOC1)N2. The first-order valence-corrected chi connectivity index (χ1v) is 7.32. The molecule has 5 nitrogen and oxygen atoms in total. The smallest absolute Gasteiger partial charge is 0.224 e. The normalized spacial score (nSPS) is 25.1. The Bertz CT molecular complexity index is 554. The first-order valence-electron chi connectivity index (χ1n) is 6.95. The standard InChI is InChI=1S/C14H18ClN3O2/c1-8(2)5-10-9-6-11(19)14(3-4-20-7-14)18-12(9)17-13(15)16-10/h8H,3-7H2,1-2H3,(H,16,17,18). The van der Waals surface area contributed by atoms with Crippen LogP contribution in [0.2, 0.25) is 5.28 Å². The Hall–Kier alpha value is -1.20. The molecule has 0 radical (unpaired) electrons. The van der Waals surface area contributed by atoms with Crippen LogP contribution in [0, 0.1) is 5.92 Å². The van der Waals surface area contributed by atoms with Gasteiger partial charge in [0.2, 0.25) is 5.28 Å². The van der Waals surface area contributed by atoms with Gasteiger partial charge in [-0.2, -0.15) is 0 Å². The molecule has 1 saturated heterocycles. The van der Waals surface area contributed by atoms with E-state index in [1.807, 2.05) is 0 Å². The molecule has 1 aromatic heterocycles. The molecule has 6 heteroatoms. The molecule has 2 aliphatic rings. The summed E-state index contributed by atoms with van der Waals surface area (Å²) in [5.74, 6) is 1.31. The molecule has 1 atom stereocenters. The average molecular weight is 296 g/mol. The van der Waals surface area contributed by atoms with E-state index >= 15 is 0 Å². The van der Waals surface area contributed by atoms with Crippen LogP contribution in [0.4, 0.5) is 5.82 Å². The Labute approximate surface area is 123 Å². The van der Waals surface area contributed by atoms with Crippen molar-refractivity contribution >= 4 is 23.2 Å². The van der Waals surface area contributed by atoms with Crippen molar-refractivity contribution in [2.75, 3.05) is 18.5 Å². The fourth-order valence-electron chi connectivity index (χ4n) is 2.85. The number of ether oxygens (including phenoxy) is 1. The number of halogens is 1. The first kappa shape index (κ1) is 13.8. The van der Waals surface area contributed by atoms with Gasteiger partial charge in [-0.3, -0.25) is 4.79 Å². The van der Waals surface area contributed by atoms with Crippen molar-refractivity contribution in [3.8, 4) is 0 Å². The molecule has 1 unspecified atom stereocenters. The van der Waals surface area contributed by atoms with Crippen LogP contribution in [0.3, 0.4) is 0 Å². The molecule has 1 fully saturated rings. The number of aromatic nitrogens is 2. The van der Waals surface area contributed by atoms with Crippen LogP contribution in [-0.2, 0) is 22.4 Å². The van der Waals surface area contributed by atoms with E-state index in [0.29, 0.717) is 37.8 Å². The number of rotatable bonds is 2. The number of anilines is 1. The number of nitrogens with zero attached hydrogens (tertiary/aromatic N) is 2. The predicted molar refractivity (Wildman–Crippen MR) is 76.1 cm³/mol. The zero-order valence-electron chi connectivity index (χ0n) is 11.7. The predicted octanol–water partition coefficient (Wildman–Crippen LogP) is 2.02. The molecule has 0 aliphatic carbocycles. The Morgan fingerprint density at radius 1 is 1.45 bits per heavy atom. The quantitative estimate of drug-likeness (QED) is 0.846. The highest BCUT2D eigenvalue weighted by atomic mass is 35.5. The van der Waals surface area contributed by atoms with Gasteiger partial charge in [0.25, 0.3) is 0 Å². The van der Waals surface area contributed by atoms with Gasteiger partial charge in [0, 0.05) is 25.0 Å². The van der Waals surface area contributed by atoms with Crippen LogP contribution in [-0.4, -0.2) is 34.5 Å². The van der Waals surface area contributed by atoms with E-state index in [4.69, 9.17) is 16.3 Å². The number of ketones is 1. The Morgan fingerprint density at radius 3 is 2.90 bits per heavy atom. The van der Waals surface area contributed by atoms with E-state index in [0.717, 1.165) is 17.7 Å². The lowest BCUT2D eigenvalue weighted by Gasteiger charge is -2.34. The summed E-state index contributed by atoms with van der Waals surface area (Å²) in [5.41, 5.74) is 1.16. The number of carbonyl (C=O) groups is 1. The highest BCUT2D eigenvalue weighted by Crippen LogP contribution is 2.34. The monoisotopic (exact) mass is 295 g/mol. The number of hydrogen-bond donors (Lipinski definition) is 1. The highest BCUT2D eigenvalue weighted by Gasteiger charge is 2.46. The van der Waals surface area contributed by atoms with Crippen molar-refractivity contribution < 1.29 is 9.53 Å². The maximum atomic E-state index is 12.5. The second-order valence-corrected chi connectivity index (χ2v) is 6.31. The van der Waals surface area contributed by atoms with Gasteiger partial charge in [-0.15, -0.1) is 0 Å². The molecular weight excluding hydrogens is 278 g/mol. The molecule has 1 N–H and O–H groups in total. The van der Waals surface area contributed by atoms with Crippen LogP contribution in [0.15, 0.2) is 0 Å². The van der Waals surface area contributed by atoms with Crippen molar-refractivity contribution in [2.24, 2.45) is 5.92 Å². The van der Waals surface area contributed by atoms with E-state index in [2.05, 4.69) is 29.1 Å². The minimum Gasteiger partial charge on any atom is -0.378 e. The second-order valence-electron chi connectivity index (χ2n) is 5.97. The minimum atomic E-state index is -0.611. The molecule has 3 heterocycles. The molecule has 0 saturated carbocycles. The topological polar surface area (TPSA) is 64.1 Å². The maximum Gasteiger partial charge on any atom is 0.224 e. The summed E-state index contributed by atoms with van der Waals surface area (Å²) in [5, 5.41) is 3.50. The molecule has 108 valence electrons. The molecule has 0 aromatic carbocycles. The van der Waals surface area contributed by atoms with Gasteiger partial charge in [0.1, 0.15) is 11.4 Å². The zero-order valence-corrected chi connectivity index (χ0v) is 12.5. The molecule has 1 aromatic rings. The van der Waals surface area contributed by atoms with Crippen molar-refractivity contribution in [3.05, 3.63) is 16.5 Å². The first-order chi connectivity index (χ1) is 9.50. The lowest BCUT2D eigenvalue weighted by molar-refractivity contribution is -0.123. The van der Waals surface area contributed by atoms with E-state index in [1.165, 1.54) is 0 Å².